The zero-order chi connectivity index (χ0) is 14.5. The average molecular weight is 274 g/mol. The number of carbonyl (C=O) groups excluding carboxylic acids is 1. The Morgan fingerprint density at radius 3 is 2.55 bits per heavy atom. The Morgan fingerprint density at radius 2 is 2.00 bits per heavy atom. The summed E-state index contributed by atoms with van der Waals surface area (Å²) in [6.45, 7) is 2.23. The van der Waals surface area contributed by atoms with Crippen LogP contribution < -0.4 is 15.8 Å². The van der Waals surface area contributed by atoms with Crippen LogP contribution in [0.3, 0.4) is 0 Å². The summed E-state index contributed by atoms with van der Waals surface area (Å²) >= 11 is 0. The molecule has 0 fully saturated rings. The number of furan rings is 1. The van der Waals surface area contributed by atoms with E-state index < -0.39 is 0 Å². The minimum atomic E-state index is -0.257. The first-order valence-corrected chi connectivity index (χ1v) is 6.36. The Balaban J connectivity index is 1.93. The van der Waals surface area contributed by atoms with Gasteiger partial charge in [-0.2, -0.15) is 0 Å². The van der Waals surface area contributed by atoms with E-state index in [4.69, 9.17) is 14.9 Å². The molecule has 0 spiro atoms. The number of nitrogens with two attached hydrogens (primary N) is 1. The van der Waals surface area contributed by atoms with Crippen molar-refractivity contribution in [3.05, 3.63) is 53.5 Å². The molecule has 5 nitrogen and oxygen atoms in total. The van der Waals surface area contributed by atoms with Crippen molar-refractivity contribution in [3.63, 3.8) is 0 Å². The van der Waals surface area contributed by atoms with E-state index in [0.29, 0.717) is 12.3 Å². The van der Waals surface area contributed by atoms with Gasteiger partial charge >= 0.3 is 0 Å². The number of rotatable bonds is 5. The summed E-state index contributed by atoms with van der Waals surface area (Å²) in [6, 6.07) is 10.6. The van der Waals surface area contributed by atoms with E-state index in [1.165, 1.54) is 0 Å². The van der Waals surface area contributed by atoms with Crippen LogP contribution in [0.15, 0.2) is 40.8 Å². The molecule has 1 aromatic carbocycles. The number of carbonyl (C=O) groups is 1. The van der Waals surface area contributed by atoms with E-state index in [1.807, 2.05) is 24.3 Å². The lowest BCUT2D eigenvalue weighted by molar-refractivity contribution is 0.0921. The first kappa shape index (κ1) is 14.1. The van der Waals surface area contributed by atoms with E-state index >= 15 is 0 Å². The minimum absolute atomic E-state index is 0.224. The fraction of sp³-hybridized carbons (Fsp3) is 0.267. The Labute approximate surface area is 117 Å². The third kappa shape index (κ3) is 3.39. The lowest BCUT2D eigenvalue weighted by Crippen LogP contribution is -2.22. The molecule has 1 unspecified atom stereocenters. The third-order valence-electron chi connectivity index (χ3n) is 2.91. The summed E-state index contributed by atoms with van der Waals surface area (Å²) in [6.07, 6.45) is 0. The van der Waals surface area contributed by atoms with Crippen molar-refractivity contribution in [3.8, 4) is 5.75 Å². The lowest BCUT2D eigenvalue weighted by atomic mass is 10.2. The molecule has 0 saturated carbocycles. The monoisotopic (exact) mass is 274 g/mol. The lowest BCUT2D eigenvalue weighted by Gasteiger charge is -2.05. The minimum Gasteiger partial charge on any atom is -0.497 e. The highest BCUT2D eigenvalue weighted by Crippen LogP contribution is 2.14. The molecule has 2 rings (SSSR count). The highest BCUT2D eigenvalue weighted by Gasteiger charge is 2.12. The number of benzene rings is 1. The molecule has 1 heterocycles. The Kier molecular flexibility index (Phi) is 4.42. The van der Waals surface area contributed by atoms with Gasteiger partial charge in [0, 0.05) is 6.54 Å². The zero-order valence-electron chi connectivity index (χ0n) is 11.6. The van der Waals surface area contributed by atoms with Crippen LogP contribution in [0.4, 0.5) is 0 Å². The van der Waals surface area contributed by atoms with Gasteiger partial charge in [-0.25, -0.2) is 0 Å². The number of amides is 1. The third-order valence-corrected chi connectivity index (χ3v) is 2.91. The molecule has 0 aliphatic rings. The molecule has 0 saturated heterocycles. The molecule has 0 aliphatic heterocycles. The van der Waals surface area contributed by atoms with E-state index in [2.05, 4.69) is 5.32 Å². The van der Waals surface area contributed by atoms with Gasteiger partial charge in [-0.05, 0) is 36.8 Å². The predicted octanol–water partition coefficient (Wildman–Crippen LogP) is 2.24. The van der Waals surface area contributed by atoms with Crippen molar-refractivity contribution in [1.29, 1.82) is 0 Å². The topological polar surface area (TPSA) is 77.5 Å². The van der Waals surface area contributed by atoms with Crippen molar-refractivity contribution in [2.45, 2.75) is 19.5 Å². The van der Waals surface area contributed by atoms with Gasteiger partial charge < -0.3 is 20.2 Å². The van der Waals surface area contributed by atoms with Crippen LogP contribution in [-0.4, -0.2) is 13.0 Å². The molecule has 20 heavy (non-hydrogen) atoms. The van der Waals surface area contributed by atoms with Gasteiger partial charge in [0.05, 0.1) is 13.2 Å². The fourth-order valence-corrected chi connectivity index (χ4v) is 1.73. The first-order valence-electron chi connectivity index (χ1n) is 6.36. The van der Waals surface area contributed by atoms with Crippen LogP contribution in [0.1, 0.15) is 34.8 Å². The van der Waals surface area contributed by atoms with E-state index in [9.17, 15) is 4.79 Å². The Bertz CT molecular complexity index is 573. The number of nitrogens with one attached hydrogen (secondary N) is 1. The van der Waals surface area contributed by atoms with E-state index in [0.717, 1.165) is 11.3 Å². The predicted molar refractivity (Wildman–Crippen MR) is 75.5 cm³/mol. The van der Waals surface area contributed by atoms with Gasteiger partial charge in [-0.15, -0.1) is 0 Å². The van der Waals surface area contributed by atoms with Crippen molar-refractivity contribution in [2.24, 2.45) is 5.73 Å². The largest absolute Gasteiger partial charge is 0.497 e. The van der Waals surface area contributed by atoms with Gasteiger partial charge in [0.15, 0.2) is 5.76 Å². The summed E-state index contributed by atoms with van der Waals surface area (Å²) in [5.41, 5.74) is 6.67. The summed E-state index contributed by atoms with van der Waals surface area (Å²) < 4.78 is 10.4. The van der Waals surface area contributed by atoms with Crippen LogP contribution in [0.5, 0.6) is 5.75 Å². The van der Waals surface area contributed by atoms with Crippen molar-refractivity contribution in [1.82, 2.24) is 5.32 Å². The average Bonchev–Trinajstić information content (AvgIpc) is 2.95. The quantitative estimate of drug-likeness (QED) is 0.876. The van der Waals surface area contributed by atoms with Crippen LogP contribution in [-0.2, 0) is 6.54 Å². The second kappa shape index (κ2) is 6.25. The van der Waals surface area contributed by atoms with Crippen LogP contribution in [0.2, 0.25) is 0 Å². The Hall–Kier alpha value is -2.27. The molecule has 5 heteroatoms. The molecule has 1 aromatic heterocycles. The number of hydrogen-bond donors (Lipinski definition) is 2. The smallest absolute Gasteiger partial charge is 0.287 e. The molecule has 1 atom stereocenters. The van der Waals surface area contributed by atoms with Crippen molar-refractivity contribution < 1.29 is 13.9 Å². The molecular weight excluding hydrogens is 256 g/mol. The van der Waals surface area contributed by atoms with Gasteiger partial charge in [0.25, 0.3) is 5.91 Å². The summed E-state index contributed by atoms with van der Waals surface area (Å²) in [5.74, 6) is 1.39. The second-order valence-electron chi connectivity index (χ2n) is 4.52. The molecule has 106 valence electrons. The molecule has 0 aliphatic carbocycles. The molecule has 0 bridgehead atoms. The zero-order valence-corrected chi connectivity index (χ0v) is 11.6. The maximum absolute atomic E-state index is 11.9. The van der Waals surface area contributed by atoms with Gasteiger partial charge in [-0.3, -0.25) is 4.79 Å². The standard InChI is InChI=1S/C15H18N2O3/c1-10(16)13-7-8-14(20-13)15(18)17-9-11-3-5-12(19-2)6-4-11/h3-8,10H,9,16H2,1-2H3,(H,17,18). The summed E-state index contributed by atoms with van der Waals surface area (Å²) in [4.78, 5) is 11.9. The molecular formula is C15H18N2O3. The number of hydrogen-bond acceptors (Lipinski definition) is 4. The van der Waals surface area contributed by atoms with Crippen molar-refractivity contribution in [2.75, 3.05) is 7.11 Å². The Morgan fingerprint density at radius 1 is 1.30 bits per heavy atom. The van der Waals surface area contributed by atoms with E-state index in [-0.39, 0.29) is 17.7 Å². The van der Waals surface area contributed by atoms with Crippen LogP contribution >= 0.6 is 0 Å². The number of ether oxygens (including phenoxy) is 1. The summed E-state index contributed by atoms with van der Waals surface area (Å²) in [5, 5.41) is 2.79. The number of methoxy groups -OCH3 is 1. The van der Waals surface area contributed by atoms with Crippen LogP contribution in [0, 0.1) is 0 Å². The van der Waals surface area contributed by atoms with Gasteiger partial charge in [-0.1, -0.05) is 12.1 Å². The normalized spacial score (nSPS) is 11.9. The molecule has 1 amide bonds. The van der Waals surface area contributed by atoms with Crippen LogP contribution in [0.25, 0.3) is 0 Å². The molecule has 3 N–H and O–H groups in total. The SMILES string of the molecule is COc1ccc(CNC(=O)c2ccc(C(C)N)o2)cc1. The molecule has 0 radical (unpaired) electrons. The maximum atomic E-state index is 11.9. The fourth-order valence-electron chi connectivity index (χ4n) is 1.73. The van der Waals surface area contributed by atoms with Crippen molar-refractivity contribution >= 4 is 5.91 Å². The summed E-state index contributed by atoms with van der Waals surface area (Å²) in [7, 11) is 1.61. The van der Waals surface area contributed by atoms with E-state index in [1.54, 1.807) is 26.2 Å². The van der Waals surface area contributed by atoms with Gasteiger partial charge in [0.2, 0.25) is 0 Å². The highest BCUT2D eigenvalue weighted by molar-refractivity contribution is 5.91. The first-order chi connectivity index (χ1) is 9.60. The molecule has 2 aromatic rings. The second-order valence-corrected chi connectivity index (χ2v) is 4.52. The maximum Gasteiger partial charge on any atom is 0.287 e. The van der Waals surface area contributed by atoms with Gasteiger partial charge in [0.1, 0.15) is 11.5 Å². The highest BCUT2D eigenvalue weighted by atomic mass is 16.5.